The molecule has 0 saturated carbocycles. The third-order valence-corrected chi connectivity index (χ3v) is 4.77. The first-order chi connectivity index (χ1) is 13.8. The molecule has 0 N–H and O–H groups in total. The van der Waals surface area contributed by atoms with E-state index in [-0.39, 0.29) is 17.7 Å². The number of anilines is 1. The van der Waals surface area contributed by atoms with E-state index < -0.39 is 0 Å². The van der Waals surface area contributed by atoms with Crippen molar-refractivity contribution in [3.8, 4) is 0 Å². The zero-order valence-corrected chi connectivity index (χ0v) is 17.3. The monoisotopic (exact) mass is 397 g/mol. The van der Waals surface area contributed by atoms with Crippen LogP contribution in [-0.4, -0.2) is 72.1 Å². The summed E-state index contributed by atoms with van der Waals surface area (Å²) in [6.45, 7) is 6.51. The highest BCUT2D eigenvalue weighted by atomic mass is 16.4. The highest BCUT2D eigenvalue weighted by Gasteiger charge is 2.23. The smallest absolute Gasteiger partial charge is 0.318 e. The summed E-state index contributed by atoms with van der Waals surface area (Å²) in [7, 11) is 3.44. The molecule has 0 atom stereocenters. The Morgan fingerprint density at radius 1 is 1.07 bits per heavy atom. The molecule has 1 aliphatic heterocycles. The molecular weight excluding hydrogens is 370 g/mol. The van der Waals surface area contributed by atoms with Crippen LogP contribution in [0.1, 0.15) is 41.6 Å². The Hall–Kier alpha value is -3.16. The van der Waals surface area contributed by atoms with Crippen molar-refractivity contribution in [1.29, 1.82) is 0 Å². The lowest BCUT2D eigenvalue weighted by atomic mass is 10.1. The molecule has 0 aliphatic carbocycles. The van der Waals surface area contributed by atoms with Crippen LogP contribution in [0.3, 0.4) is 0 Å². The van der Waals surface area contributed by atoms with E-state index in [4.69, 9.17) is 4.42 Å². The third-order valence-electron chi connectivity index (χ3n) is 4.77. The predicted molar refractivity (Wildman–Crippen MR) is 111 cm³/mol. The molecule has 1 aromatic carbocycles. The van der Waals surface area contributed by atoms with E-state index in [0.29, 0.717) is 43.6 Å². The first kappa shape index (κ1) is 20.6. The van der Waals surface area contributed by atoms with Gasteiger partial charge in [0.25, 0.3) is 5.91 Å². The van der Waals surface area contributed by atoms with Crippen molar-refractivity contribution in [3.05, 3.63) is 47.4 Å². The van der Waals surface area contributed by atoms with E-state index in [2.05, 4.69) is 10.2 Å². The molecule has 2 heterocycles. The maximum atomic E-state index is 12.5. The standard InChI is InChI=1S/C21H27N5O3/c1-15(2)19-22-23-21(29-19)26-13-11-25(12-14-26)18(27)10-7-16-5-8-17(9-6-16)20(28)24(3)4/h5-10,15H,11-14H2,1-4H3/b10-7+. The number of rotatable bonds is 5. The van der Waals surface area contributed by atoms with Crippen LogP contribution in [0.2, 0.25) is 0 Å². The summed E-state index contributed by atoms with van der Waals surface area (Å²) in [5, 5.41) is 8.16. The van der Waals surface area contributed by atoms with Crippen molar-refractivity contribution < 1.29 is 14.0 Å². The zero-order chi connectivity index (χ0) is 21.0. The fraction of sp³-hybridized carbons (Fsp3) is 0.429. The van der Waals surface area contributed by atoms with Gasteiger partial charge >= 0.3 is 6.01 Å². The molecule has 3 rings (SSSR count). The fourth-order valence-corrected chi connectivity index (χ4v) is 2.97. The van der Waals surface area contributed by atoms with Gasteiger partial charge in [0.2, 0.25) is 11.8 Å². The second-order valence-corrected chi connectivity index (χ2v) is 7.54. The first-order valence-corrected chi connectivity index (χ1v) is 9.72. The van der Waals surface area contributed by atoms with E-state index in [9.17, 15) is 9.59 Å². The van der Waals surface area contributed by atoms with E-state index in [1.165, 1.54) is 4.90 Å². The Morgan fingerprint density at radius 2 is 1.72 bits per heavy atom. The summed E-state index contributed by atoms with van der Waals surface area (Å²) in [6, 6.07) is 7.71. The molecule has 0 radical (unpaired) electrons. The summed E-state index contributed by atoms with van der Waals surface area (Å²) in [5.74, 6) is 0.738. The Kier molecular flexibility index (Phi) is 6.31. The Morgan fingerprint density at radius 3 is 2.28 bits per heavy atom. The second kappa shape index (κ2) is 8.89. The number of hydrogen-bond donors (Lipinski definition) is 0. The van der Waals surface area contributed by atoms with Gasteiger partial charge in [0.15, 0.2) is 0 Å². The van der Waals surface area contributed by atoms with Crippen LogP contribution >= 0.6 is 0 Å². The number of aromatic nitrogens is 2. The molecule has 0 bridgehead atoms. The highest BCUT2D eigenvalue weighted by molar-refractivity contribution is 5.94. The molecule has 0 spiro atoms. The van der Waals surface area contributed by atoms with Crippen LogP contribution in [0.15, 0.2) is 34.8 Å². The quantitative estimate of drug-likeness (QED) is 0.720. The zero-order valence-electron chi connectivity index (χ0n) is 17.3. The van der Waals surface area contributed by atoms with Crippen LogP contribution in [0.25, 0.3) is 6.08 Å². The predicted octanol–water partition coefficient (Wildman–Crippen LogP) is 2.26. The van der Waals surface area contributed by atoms with Crippen LogP contribution in [0.5, 0.6) is 0 Å². The summed E-state index contributed by atoms with van der Waals surface area (Å²) >= 11 is 0. The number of nitrogens with zero attached hydrogens (tertiary/aromatic N) is 5. The molecule has 1 aromatic heterocycles. The summed E-state index contributed by atoms with van der Waals surface area (Å²) in [5.41, 5.74) is 1.50. The van der Waals surface area contributed by atoms with E-state index in [0.717, 1.165) is 5.56 Å². The van der Waals surface area contributed by atoms with E-state index in [1.54, 1.807) is 43.3 Å². The SMILES string of the molecule is CC(C)c1nnc(N2CCN(C(=O)/C=C/c3ccc(C(=O)N(C)C)cc3)CC2)o1. The van der Waals surface area contributed by atoms with Gasteiger partial charge in [-0.2, -0.15) is 0 Å². The van der Waals surface area contributed by atoms with Gasteiger partial charge in [-0.15, -0.1) is 5.10 Å². The molecular formula is C21H27N5O3. The van der Waals surface area contributed by atoms with Gasteiger partial charge in [0.05, 0.1) is 0 Å². The Labute approximate surface area is 170 Å². The van der Waals surface area contributed by atoms with Crippen LogP contribution in [0.4, 0.5) is 6.01 Å². The van der Waals surface area contributed by atoms with Crippen LogP contribution in [-0.2, 0) is 4.79 Å². The Bertz CT molecular complexity index is 878. The maximum absolute atomic E-state index is 12.5. The molecule has 2 aromatic rings. The average Bonchev–Trinajstić information content (AvgIpc) is 3.22. The van der Waals surface area contributed by atoms with Gasteiger partial charge in [0, 0.05) is 57.8 Å². The molecule has 8 heteroatoms. The van der Waals surface area contributed by atoms with E-state index in [1.807, 2.05) is 30.9 Å². The average molecular weight is 397 g/mol. The third kappa shape index (κ3) is 5.01. The topological polar surface area (TPSA) is 82.8 Å². The lowest BCUT2D eigenvalue weighted by molar-refractivity contribution is -0.126. The molecule has 154 valence electrons. The summed E-state index contributed by atoms with van der Waals surface area (Å²) in [4.78, 5) is 29.7. The minimum absolute atomic E-state index is 0.0357. The summed E-state index contributed by atoms with van der Waals surface area (Å²) in [6.07, 6.45) is 3.34. The van der Waals surface area contributed by atoms with Crippen LogP contribution < -0.4 is 4.90 Å². The van der Waals surface area contributed by atoms with Crippen molar-refractivity contribution in [2.45, 2.75) is 19.8 Å². The van der Waals surface area contributed by atoms with Crippen LogP contribution in [0, 0.1) is 0 Å². The van der Waals surface area contributed by atoms with Gasteiger partial charge in [-0.3, -0.25) is 9.59 Å². The number of carbonyl (C=O) groups excluding carboxylic acids is 2. The minimum atomic E-state index is -0.0451. The lowest BCUT2D eigenvalue weighted by Gasteiger charge is -2.33. The molecule has 1 fully saturated rings. The molecule has 0 unspecified atom stereocenters. The van der Waals surface area contributed by atoms with Crippen molar-refractivity contribution in [2.24, 2.45) is 0 Å². The van der Waals surface area contributed by atoms with Gasteiger partial charge in [0.1, 0.15) is 0 Å². The van der Waals surface area contributed by atoms with Crippen molar-refractivity contribution in [3.63, 3.8) is 0 Å². The second-order valence-electron chi connectivity index (χ2n) is 7.54. The molecule has 29 heavy (non-hydrogen) atoms. The number of piperazine rings is 1. The normalized spacial score (nSPS) is 14.7. The van der Waals surface area contributed by atoms with Crippen molar-refractivity contribution >= 4 is 23.9 Å². The van der Waals surface area contributed by atoms with Crippen molar-refractivity contribution in [1.82, 2.24) is 20.0 Å². The number of benzene rings is 1. The highest BCUT2D eigenvalue weighted by Crippen LogP contribution is 2.19. The molecule has 8 nitrogen and oxygen atoms in total. The number of carbonyl (C=O) groups is 2. The first-order valence-electron chi connectivity index (χ1n) is 9.72. The lowest BCUT2D eigenvalue weighted by Crippen LogP contribution is -2.48. The van der Waals surface area contributed by atoms with Gasteiger partial charge in [-0.1, -0.05) is 31.1 Å². The van der Waals surface area contributed by atoms with Gasteiger partial charge < -0.3 is 19.1 Å². The molecule has 1 aliphatic rings. The number of amides is 2. The molecule has 1 saturated heterocycles. The van der Waals surface area contributed by atoms with E-state index >= 15 is 0 Å². The maximum Gasteiger partial charge on any atom is 0.318 e. The van der Waals surface area contributed by atoms with Crippen molar-refractivity contribution in [2.75, 3.05) is 45.2 Å². The fourth-order valence-electron chi connectivity index (χ4n) is 2.97. The summed E-state index contributed by atoms with van der Waals surface area (Å²) < 4.78 is 5.69. The Balaban J connectivity index is 1.53. The number of hydrogen-bond acceptors (Lipinski definition) is 6. The van der Waals surface area contributed by atoms with Gasteiger partial charge in [-0.05, 0) is 23.8 Å². The minimum Gasteiger partial charge on any atom is -0.408 e. The molecule has 2 amide bonds. The van der Waals surface area contributed by atoms with Gasteiger partial charge in [-0.25, -0.2) is 0 Å². The largest absolute Gasteiger partial charge is 0.408 e.